The number of halogens is 4. The second-order valence-corrected chi connectivity index (χ2v) is 4.36. The Balaban J connectivity index is 4.26. The molecule has 0 amide bonds. The van der Waals surface area contributed by atoms with Crippen molar-refractivity contribution in [3.8, 4) is 0 Å². The van der Waals surface area contributed by atoms with Gasteiger partial charge in [0.2, 0.25) is 0 Å². The highest BCUT2D eigenvalue weighted by Gasteiger charge is 2.51. The molecule has 0 saturated carbocycles. The third-order valence-corrected chi connectivity index (χ3v) is 3.18. The summed E-state index contributed by atoms with van der Waals surface area (Å²) in [5.41, 5.74) is 0. The lowest BCUT2D eigenvalue weighted by molar-refractivity contribution is 0.177. The Labute approximate surface area is 71.5 Å². The summed E-state index contributed by atoms with van der Waals surface area (Å²) >= 11 is -6.39. The summed E-state index contributed by atoms with van der Waals surface area (Å²) in [6.07, 6.45) is 0.534. The fourth-order valence-electron chi connectivity index (χ4n) is 0.218. The van der Waals surface area contributed by atoms with Crippen LogP contribution in [0, 0.1) is 0 Å². The lowest BCUT2D eigenvalue weighted by atomic mass is 10.4. The molecule has 72 valence electrons. The van der Waals surface area contributed by atoms with Gasteiger partial charge in [0.05, 0.1) is 0 Å². The molecule has 10 heteroatoms. The zero-order valence-electron chi connectivity index (χ0n) is 5.63. The summed E-state index contributed by atoms with van der Waals surface area (Å²) in [6, 6.07) is 0. The summed E-state index contributed by atoms with van der Waals surface area (Å²) in [6.45, 7) is 0. The third kappa shape index (κ3) is 3.29. The molecule has 2 unspecified atom stereocenters. The van der Waals surface area contributed by atoms with Gasteiger partial charge in [-0.05, 0) is 0 Å². The summed E-state index contributed by atoms with van der Waals surface area (Å²) < 4.78 is 66.0. The van der Waals surface area contributed by atoms with Gasteiger partial charge in [-0.2, -0.15) is 0 Å². The van der Waals surface area contributed by atoms with Crippen LogP contribution in [0.1, 0.15) is 0 Å². The first kappa shape index (κ1) is 12.2. The van der Waals surface area contributed by atoms with Gasteiger partial charge in [0.25, 0.3) is 11.1 Å². The summed E-state index contributed by atoms with van der Waals surface area (Å²) in [5, 5.41) is 0. The summed E-state index contributed by atoms with van der Waals surface area (Å²) in [5.74, 6) is 0. The van der Waals surface area contributed by atoms with Gasteiger partial charge >= 0.3 is 12.1 Å². The van der Waals surface area contributed by atoms with Gasteiger partial charge in [0.15, 0.2) is 0 Å². The molecule has 0 spiro atoms. The molecule has 0 aromatic carbocycles. The molecular weight excluding hydrogens is 223 g/mol. The van der Waals surface area contributed by atoms with E-state index in [1.165, 1.54) is 0 Å². The van der Waals surface area contributed by atoms with E-state index in [0.717, 1.165) is 0 Å². The quantitative estimate of drug-likeness (QED) is 0.398. The number of alkyl halides is 2. The van der Waals surface area contributed by atoms with E-state index < -0.39 is 34.3 Å². The molecule has 0 aliphatic carbocycles. The minimum absolute atomic E-state index is 0.534. The van der Waals surface area contributed by atoms with E-state index in [0.29, 0.717) is 6.26 Å². The molecule has 0 saturated heterocycles. The third-order valence-electron chi connectivity index (χ3n) is 0.689. The number of rotatable bonds is 4. The van der Waals surface area contributed by atoms with Crippen LogP contribution in [-0.4, -0.2) is 27.1 Å². The van der Waals surface area contributed by atoms with E-state index in [1.54, 1.807) is 0 Å². The zero-order chi connectivity index (χ0) is 9.94. The maximum absolute atomic E-state index is 12.2. The van der Waals surface area contributed by atoms with Crippen LogP contribution in [0.25, 0.3) is 0 Å². The molecule has 12 heavy (non-hydrogen) atoms. The van der Waals surface area contributed by atoms with Crippen LogP contribution in [0.4, 0.5) is 17.4 Å². The van der Waals surface area contributed by atoms with Gasteiger partial charge in [-0.15, -0.1) is 8.78 Å². The van der Waals surface area contributed by atoms with Gasteiger partial charge in [-0.3, -0.25) is 12.7 Å². The van der Waals surface area contributed by atoms with Crippen molar-refractivity contribution in [1.29, 1.82) is 0 Å². The second-order valence-electron chi connectivity index (χ2n) is 1.51. The van der Waals surface area contributed by atoms with E-state index >= 15 is 0 Å². The topological polar surface area (TPSA) is 49.4 Å². The average molecular weight is 226 g/mol. The Kier molecular flexibility index (Phi) is 4.52. The first-order valence-corrected chi connectivity index (χ1v) is 5.00. The zero-order valence-corrected chi connectivity index (χ0v) is 7.26. The first-order valence-electron chi connectivity index (χ1n) is 2.37. The molecular formula is C2H3BF4O3S2. The molecule has 0 aliphatic rings. The Bertz CT molecular complexity index is 176. The van der Waals surface area contributed by atoms with Crippen LogP contribution in [0.2, 0.25) is 0 Å². The molecule has 0 aliphatic heterocycles. The minimum atomic E-state index is -4.27. The largest absolute Gasteiger partial charge is 0.734 e. The van der Waals surface area contributed by atoms with Crippen LogP contribution >= 0.6 is 0 Å². The molecule has 3 nitrogen and oxygen atoms in total. The highest BCUT2D eigenvalue weighted by atomic mass is 32.3. The molecule has 0 rings (SSSR count). The van der Waals surface area contributed by atoms with Gasteiger partial charge in [-0.25, -0.2) is 4.21 Å². The Hall–Kier alpha value is 0.205. The van der Waals surface area contributed by atoms with Gasteiger partial charge in [0, 0.05) is 11.2 Å². The fourth-order valence-corrected chi connectivity index (χ4v) is 1.35. The number of hydrogen-bond acceptors (Lipinski definition) is 3. The average Bonchev–Trinajstić information content (AvgIpc) is 1.85. The van der Waals surface area contributed by atoms with Crippen molar-refractivity contribution in [3.63, 3.8) is 0 Å². The van der Waals surface area contributed by atoms with E-state index in [2.05, 4.69) is 4.10 Å². The van der Waals surface area contributed by atoms with Crippen molar-refractivity contribution in [2.24, 2.45) is 0 Å². The van der Waals surface area contributed by atoms with Crippen LogP contribution in [0.15, 0.2) is 0 Å². The Morgan fingerprint density at radius 2 is 2.00 bits per heavy atom. The molecule has 0 aromatic rings. The summed E-state index contributed by atoms with van der Waals surface area (Å²) in [7, 11) is -3.58. The van der Waals surface area contributed by atoms with Crippen molar-refractivity contribution >= 4 is 29.7 Å². The standard InChI is InChI=1S/C2H3BF4O3S2/c1-11(8)2(4,5)12(9)10-3(6)7/h1H3. The molecule has 0 N–H and O–H groups in total. The highest BCUT2D eigenvalue weighted by Crippen LogP contribution is 2.26. The van der Waals surface area contributed by atoms with Gasteiger partial charge in [-0.1, -0.05) is 0 Å². The molecule has 2 atom stereocenters. The second kappa shape index (κ2) is 4.44. The van der Waals surface area contributed by atoms with E-state index in [9.17, 15) is 26.2 Å². The maximum atomic E-state index is 12.2. The lowest BCUT2D eigenvalue weighted by Crippen LogP contribution is -2.35. The van der Waals surface area contributed by atoms with Gasteiger partial charge in [0.1, 0.15) is 6.26 Å². The Morgan fingerprint density at radius 1 is 1.58 bits per heavy atom. The fraction of sp³-hybridized carbons (Fsp3) is 1.00. The molecule has 0 heterocycles. The van der Waals surface area contributed by atoms with Crippen LogP contribution in [-0.2, 0) is 26.4 Å². The van der Waals surface area contributed by atoms with Crippen LogP contribution in [0.3, 0.4) is 0 Å². The molecule has 0 fully saturated rings. The summed E-state index contributed by atoms with van der Waals surface area (Å²) in [4.78, 5) is 0. The van der Waals surface area contributed by atoms with Crippen molar-refractivity contribution in [2.75, 3.05) is 6.26 Å². The van der Waals surface area contributed by atoms with Crippen molar-refractivity contribution < 1.29 is 30.3 Å². The highest BCUT2D eigenvalue weighted by molar-refractivity contribution is 8.05. The SMILES string of the molecule is C[S+]([O-])C(F)(F)S(=O)OB(F)F. The van der Waals surface area contributed by atoms with E-state index in [-0.39, 0.29) is 0 Å². The predicted octanol–water partition coefficient (Wildman–Crippen LogP) is 0.519. The normalized spacial score (nSPS) is 17.2. The molecule has 0 aromatic heterocycles. The lowest BCUT2D eigenvalue weighted by Gasteiger charge is -2.14. The van der Waals surface area contributed by atoms with Crippen molar-refractivity contribution in [3.05, 3.63) is 0 Å². The monoisotopic (exact) mass is 226 g/mol. The van der Waals surface area contributed by atoms with Gasteiger partial charge < -0.3 is 4.55 Å². The number of hydrogen-bond donors (Lipinski definition) is 0. The van der Waals surface area contributed by atoms with E-state index in [4.69, 9.17) is 0 Å². The minimum Gasteiger partial charge on any atom is -0.611 e. The predicted molar refractivity (Wildman–Crippen MR) is 36.2 cm³/mol. The van der Waals surface area contributed by atoms with Crippen molar-refractivity contribution in [2.45, 2.75) is 4.59 Å². The maximum Gasteiger partial charge on any atom is 0.734 e. The smallest absolute Gasteiger partial charge is 0.611 e. The molecule has 0 radical (unpaired) electrons. The van der Waals surface area contributed by atoms with Crippen molar-refractivity contribution in [1.82, 2.24) is 0 Å². The molecule has 0 bridgehead atoms. The van der Waals surface area contributed by atoms with E-state index in [1.807, 2.05) is 0 Å². The first-order chi connectivity index (χ1) is 5.28. The Morgan fingerprint density at radius 3 is 2.25 bits per heavy atom. The van der Waals surface area contributed by atoms with Crippen LogP contribution in [0.5, 0.6) is 0 Å². The van der Waals surface area contributed by atoms with Crippen LogP contribution < -0.4 is 0 Å².